The number of fused-ring (bicyclic) bond motifs is 1. The lowest BCUT2D eigenvalue weighted by atomic mass is 10.0. The lowest BCUT2D eigenvalue weighted by Gasteiger charge is -2.26. The molecule has 2 heterocycles. The lowest BCUT2D eigenvalue weighted by molar-refractivity contribution is 0.102. The number of benzene rings is 3. The number of aromatic nitrogens is 2. The fourth-order valence-electron chi connectivity index (χ4n) is 3.93. The van der Waals surface area contributed by atoms with Crippen LogP contribution in [0.1, 0.15) is 33.1 Å². The van der Waals surface area contributed by atoms with Crippen LogP contribution in [-0.4, -0.2) is 22.8 Å². The Bertz CT molecular complexity index is 1360. The molecule has 0 radical (unpaired) electrons. The zero-order valence-electron chi connectivity index (χ0n) is 18.7. The van der Waals surface area contributed by atoms with E-state index in [0.717, 1.165) is 28.1 Å². The molecule has 34 heavy (non-hydrogen) atoms. The van der Waals surface area contributed by atoms with Gasteiger partial charge in [0.25, 0.3) is 5.91 Å². The molecule has 2 N–H and O–H groups in total. The molecule has 3 aromatic carbocycles. The molecule has 0 spiro atoms. The number of allylic oxidation sites excluding steroid dienone is 1. The summed E-state index contributed by atoms with van der Waals surface area (Å²) in [6.07, 6.45) is 3.56. The number of nitrogens with one attached hydrogen (secondary N) is 2. The van der Waals surface area contributed by atoms with Gasteiger partial charge in [-0.2, -0.15) is 5.10 Å². The summed E-state index contributed by atoms with van der Waals surface area (Å²) in [5, 5.41) is 10.8. The van der Waals surface area contributed by atoms with Crippen molar-refractivity contribution in [2.24, 2.45) is 0 Å². The third-order valence-electron chi connectivity index (χ3n) is 5.80. The molecule has 4 aromatic rings. The molecule has 1 aliphatic heterocycles. The van der Waals surface area contributed by atoms with Crippen molar-refractivity contribution in [1.29, 1.82) is 0 Å². The van der Waals surface area contributed by atoms with Crippen LogP contribution in [0.15, 0.2) is 85.1 Å². The summed E-state index contributed by atoms with van der Waals surface area (Å²) in [7, 11) is 1.62. The minimum absolute atomic E-state index is 0.272. The van der Waals surface area contributed by atoms with Crippen molar-refractivity contribution in [3.63, 3.8) is 0 Å². The third kappa shape index (κ3) is 4.15. The first-order valence-corrected chi connectivity index (χ1v) is 10.9. The number of carbonyl (C=O) groups excluding carboxylic acids is 1. The molecule has 1 amide bonds. The summed E-state index contributed by atoms with van der Waals surface area (Å²) < 4.78 is 20.6. The number of halogens is 1. The Morgan fingerprint density at radius 3 is 2.41 bits per heavy atom. The van der Waals surface area contributed by atoms with Crippen LogP contribution in [0.4, 0.5) is 15.9 Å². The van der Waals surface area contributed by atoms with Gasteiger partial charge in [-0.1, -0.05) is 29.8 Å². The molecule has 7 heteroatoms. The number of aryl methyl sites for hydroxylation is 1. The summed E-state index contributed by atoms with van der Waals surface area (Å²) in [6.45, 7) is 1.99. The standard InChI is InChI=1S/C27H23FN4O2/c1-17-3-11-21(12-4-17)30-27(33)23-16-29-32-25(19-5-9-20(28)10-6-19)15-24(31-26(23)32)18-7-13-22(34-2)14-8-18/h3-16,25,31H,1-2H3,(H,30,33). The summed E-state index contributed by atoms with van der Waals surface area (Å²) >= 11 is 0. The second-order valence-electron chi connectivity index (χ2n) is 8.10. The Morgan fingerprint density at radius 1 is 1.03 bits per heavy atom. The highest BCUT2D eigenvalue weighted by atomic mass is 19.1. The van der Waals surface area contributed by atoms with Crippen molar-refractivity contribution in [1.82, 2.24) is 9.78 Å². The number of amides is 1. The molecule has 0 bridgehead atoms. The van der Waals surface area contributed by atoms with E-state index in [1.165, 1.54) is 12.1 Å². The number of rotatable bonds is 5. The van der Waals surface area contributed by atoms with Crippen molar-refractivity contribution < 1.29 is 13.9 Å². The van der Waals surface area contributed by atoms with Crippen LogP contribution in [-0.2, 0) is 0 Å². The van der Waals surface area contributed by atoms with E-state index in [0.29, 0.717) is 17.1 Å². The van der Waals surface area contributed by atoms with Crippen LogP contribution in [0.2, 0.25) is 0 Å². The zero-order valence-corrected chi connectivity index (χ0v) is 18.7. The summed E-state index contributed by atoms with van der Waals surface area (Å²) in [6, 6.07) is 21.2. The molecule has 1 aliphatic rings. The Labute approximate surface area is 196 Å². The van der Waals surface area contributed by atoms with E-state index >= 15 is 0 Å². The number of anilines is 2. The average Bonchev–Trinajstić information content (AvgIpc) is 3.30. The van der Waals surface area contributed by atoms with E-state index in [1.54, 1.807) is 30.1 Å². The van der Waals surface area contributed by atoms with Crippen LogP contribution in [0, 0.1) is 12.7 Å². The zero-order chi connectivity index (χ0) is 23.7. The SMILES string of the molecule is COc1ccc(C2=CC(c3ccc(F)cc3)n3ncc(C(=O)Nc4ccc(C)cc4)c3N2)cc1. The topological polar surface area (TPSA) is 68.2 Å². The molecule has 5 rings (SSSR count). The number of ether oxygens (including phenoxy) is 1. The maximum absolute atomic E-state index is 13.6. The smallest absolute Gasteiger partial charge is 0.261 e. The summed E-state index contributed by atoms with van der Waals surface area (Å²) in [5.74, 6) is 0.730. The van der Waals surface area contributed by atoms with Gasteiger partial charge in [-0.3, -0.25) is 4.79 Å². The van der Waals surface area contributed by atoms with Crippen LogP contribution < -0.4 is 15.4 Å². The quantitative estimate of drug-likeness (QED) is 0.409. The molecule has 1 unspecified atom stereocenters. The lowest BCUT2D eigenvalue weighted by Crippen LogP contribution is -2.22. The van der Waals surface area contributed by atoms with Crippen molar-refractivity contribution >= 4 is 23.1 Å². The number of hydrogen-bond acceptors (Lipinski definition) is 4. The monoisotopic (exact) mass is 454 g/mol. The largest absolute Gasteiger partial charge is 0.497 e. The molecule has 0 fully saturated rings. The van der Waals surface area contributed by atoms with Gasteiger partial charge in [-0.25, -0.2) is 9.07 Å². The molecule has 0 saturated carbocycles. The molecule has 1 aromatic heterocycles. The van der Waals surface area contributed by atoms with Gasteiger partial charge >= 0.3 is 0 Å². The van der Waals surface area contributed by atoms with Gasteiger partial charge in [0, 0.05) is 11.4 Å². The van der Waals surface area contributed by atoms with Crippen molar-refractivity contribution in [3.05, 3.63) is 113 Å². The van der Waals surface area contributed by atoms with E-state index < -0.39 is 0 Å². The minimum atomic E-state index is -0.324. The van der Waals surface area contributed by atoms with Gasteiger partial charge in [0.05, 0.1) is 19.3 Å². The Kier molecular flexibility index (Phi) is 5.59. The Hall–Kier alpha value is -4.39. The second kappa shape index (κ2) is 8.86. The van der Waals surface area contributed by atoms with Gasteiger partial charge in [-0.15, -0.1) is 0 Å². The van der Waals surface area contributed by atoms with Crippen LogP contribution in [0.25, 0.3) is 5.70 Å². The normalized spacial score (nSPS) is 14.6. The van der Waals surface area contributed by atoms with Gasteiger partial charge in [0.1, 0.15) is 22.9 Å². The van der Waals surface area contributed by atoms with Crippen molar-refractivity contribution in [2.75, 3.05) is 17.7 Å². The molecular formula is C27H23FN4O2. The van der Waals surface area contributed by atoms with Gasteiger partial charge in [0.15, 0.2) is 0 Å². The predicted molar refractivity (Wildman–Crippen MR) is 130 cm³/mol. The maximum atomic E-state index is 13.6. The highest BCUT2D eigenvalue weighted by Gasteiger charge is 2.28. The number of methoxy groups -OCH3 is 1. The van der Waals surface area contributed by atoms with E-state index in [9.17, 15) is 9.18 Å². The molecule has 0 aliphatic carbocycles. The Morgan fingerprint density at radius 2 is 1.74 bits per heavy atom. The van der Waals surface area contributed by atoms with Crippen LogP contribution in [0.3, 0.4) is 0 Å². The number of nitrogens with zero attached hydrogens (tertiary/aromatic N) is 2. The molecular weight excluding hydrogens is 431 g/mol. The van der Waals surface area contributed by atoms with E-state index in [2.05, 4.69) is 15.7 Å². The molecule has 170 valence electrons. The van der Waals surface area contributed by atoms with Crippen molar-refractivity contribution in [3.8, 4) is 5.75 Å². The average molecular weight is 455 g/mol. The highest BCUT2D eigenvalue weighted by Crippen LogP contribution is 2.36. The first kappa shape index (κ1) is 21.5. The summed E-state index contributed by atoms with van der Waals surface area (Å²) in [4.78, 5) is 13.2. The van der Waals surface area contributed by atoms with E-state index in [4.69, 9.17) is 4.74 Å². The fraction of sp³-hybridized carbons (Fsp3) is 0.111. The maximum Gasteiger partial charge on any atom is 0.261 e. The van der Waals surface area contributed by atoms with Crippen molar-refractivity contribution in [2.45, 2.75) is 13.0 Å². The first-order valence-electron chi connectivity index (χ1n) is 10.9. The molecule has 6 nitrogen and oxygen atoms in total. The first-order chi connectivity index (χ1) is 16.5. The van der Waals surface area contributed by atoms with Gasteiger partial charge < -0.3 is 15.4 Å². The number of carbonyl (C=O) groups is 1. The Balaban J connectivity index is 1.54. The minimum Gasteiger partial charge on any atom is -0.497 e. The molecule has 1 atom stereocenters. The van der Waals surface area contributed by atoms with Crippen LogP contribution >= 0.6 is 0 Å². The fourth-order valence-corrected chi connectivity index (χ4v) is 3.93. The second-order valence-corrected chi connectivity index (χ2v) is 8.10. The van der Waals surface area contributed by atoms with E-state index in [-0.39, 0.29) is 17.8 Å². The predicted octanol–water partition coefficient (Wildman–Crippen LogP) is 5.65. The van der Waals surface area contributed by atoms with E-state index in [1.807, 2.05) is 61.5 Å². The summed E-state index contributed by atoms with van der Waals surface area (Å²) in [5.41, 5.74) is 4.81. The molecule has 0 saturated heterocycles. The third-order valence-corrected chi connectivity index (χ3v) is 5.80. The van der Waals surface area contributed by atoms with Crippen LogP contribution in [0.5, 0.6) is 5.75 Å². The van der Waals surface area contributed by atoms with Gasteiger partial charge in [0.2, 0.25) is 0 Å². The number of hydrogen-bond donors (Lipinski definition) is 2. The highest BCUT2D eigenvalue weighted by molar-refractivity contribution is 6.08. The van der Waals surface area contributed by atoms with Gasteiger partial charge in [-0.05, 0) is 72.7 Å².